The Kier molecular flexibility index (Phi) is 4.60. The van der Waals surface area contributed by atoms with Crippen molar-refractivity contribution in [3.8, 4) is 5.75 Å². The van der Waals surface area contributed by atoms with E-state index in [-0.39, 0.29) is 6.61 Å². The van der Waals surface area contributed by atoms with Gasteiger partial charge in [0.25, 0.3) is 5.91 Å². The van der Waals surface area contributed by atoms with E-state index in [0.717, 1.165) is 0 Å². The molecule has 1 atom stereocenters. The Morgan fingerprint density at radius 1 is 1.28 bits per heavy atom. The van der Waals surface area contributed by atoms with E-state index in [1.807, 2.05) is 0 Å². The number of carbonyl (C=O) groups excluding carboxylic acids is 2. The van der Waals surface area contributed by atoms with Crippen LogP contribution in [0, 0.1) is 5.82 Å². The third kappa shape index (κ3) is 3.15. The standard InChI is InChI=1S/C17H17FN4O3/c18-12-2-4-13(5-3-12)25-11-15(23)22-9-1-6-17(22,16(19)24)14-10-20-7-8-21-14/h2-5,7-8,10H,1,6,9,11H2,(H2,19,24)/t17-/m0/s1. The summed E-state index contributed by atoms with van der Waals surface area (Å²) in [5, 5.41) is 0. The highest BCUT2D eigenvalue weighted by molar-refractivity contribution is 5.92. The fourth-order valence-corrected chi connectivity index (χ4v) is 3.07. The maximum Gasteiger partial charge on any atom is 0.261 e. The summed E-state index contributed by atoms with van der Waals surface area (Å²) in [6, 6.07) is 5.33. The quantitative estimate of drug-likeness (QED) is 0.872. The molecule has 0 aliphatic carbocycles. The van der Waals surface area contributed by atoms with Gasteiger partial charge in [0, 0.05) is 18.9 Å². The molecule has 0 spiro atoms. The summed E-state index contributed by atoms with van der Waals surface area (Å²) in [6.45, 7) is 0.0754. The van der Waals surface area contributed by atoms with E-state index in [2.05, 4.69) is 9.97 Å². The van der Waals surface area contributed by atoms with Gasteiger partial charge >= 0.3 is 0 Å². The van der Waals surface area contributed by atoms with Crippen LogP contribution in [0.1, 0.15) is 18.5 Å². The highest BCUT2D eigenvalue weighted by Gasteiger charge is 2.51. The van der Waals surface area contributed by atoms with Gasteiger partial charge in [-0.1, -0.05) is 0 Å². The topological polar surface area (TPSA) is 98.4 Å². The van der Waals surface area contributed by atoms with E-state index in [4.69, 9.17) is 10.5 Å². The van der Waals surface area contributed by atoms with Crippen LogP contribution in [0.4, 0.5) is 4.39 Å². The lowest BCUT2D eigenvalue weighted by molar-refractivity contribution is -0.146. The number of aromatic nitrogens is 2. The van der Waals surface area contributed by atoms with Crippen LogP contribution in [-0.2, 0) is 15.1 Å². The first kappa shape index (κ1) is 16.8. The molecule has 1 aliphatic rings. The molecule has 3 rings (SSSR count). The number of carbonyl (C=O) groups is 2. The van der Waals surface area contributed by atoms with Crippen LogP contribution in [0.25, 0.3) is 0 Å². The zero-order valence-corrected chi connectivity index (χ0v) is 13.4. The van der Waals surface area contributed by atoms with Crippen LogP contribution >= 0.6 is 0 Å². The number of nitrogens with two attached hydrogens (primary N) is 1. The number of amides is 2. The van der Waals surface area contributed by atoms with Crippen LogP contribution in [0.15, 0.2) is 42.9 Å². The number of nitrogens with zero attached hydrogens (tertiary/aromatic N) is 3. The normalized spacial score (nSPS) is 19.6. The van der Waals surface area contributed by atoms with Gasteiger partial charge < -0.3 is 15.4 Å². The Morgan fingerprint density at radius 3 is 2.68 bits per heavy atom. The van der Waals surface area contributed by atoms with Gasteiger partial charge in [-0.05, 0) is 37.1 Å². The van der Waals surface area contributed by atoms with Crippen molar-refractivity contribution in [1.29, 1.82) is 0 Å². The average molecular weight is 344 g/mol. The highest BCUT2D eigenvalue weighted by atomic mass is 19.1. The lowest BCUT2D eigenvalue weighted by Crippen LogP contribution is -2.55. The van der Waals surface area contributed by atoms with E-state index in [9.17, 15) is 14.0 Å². The van der Waals surface area contributed by atoms with E-state index in [0.29, 0.717) is 30.8 Å². The summed E-state index contributed by atoms with van der Waals surface area (Å²) >= 11 is 0. The first-order valence-electron chi connectivity index (χ1n) is 7.79. The van der Waals surface area contributed by atoms with Gasteiger partial charge in [-0.2, -0.15) is 0 Å². The zero-order chi connectivity index (χ0) is 17.9. The zero-order valence-electron chi connectivity index (χ0n) is 13.4. The maximum atomic E-state index is 12.9. The summed E-state index contributed by atoms with van der Waals surface area (Å²) in [6.07, 6.45) is 5.37. The van der Waals surface area contributed by atoms with Crippen molar-refractivity contribution in [2.45, 2.75) is 18.4 Å². The maximum absolute atomic E-state index is 12.9. The Bertz CT molecular complexity index is 769. The summed E-state index contributed by atoms with van der Waals surface area (Å²) < 4.78 is 18.3. The lowest BCUT2D eigenvalue weighted by atomic mass is 9.91. The molecule has 0 unspecified atom stereocenters. The third-order valence-electron chi connectivity index (χ3n) is 4.25. The summed E-state index contributed by atoms with van der Waals surface area (Å²) in [5.74, 6) is -1.08. The van der Waals surface area contributed by atoms with Gasteiger partial charge in [0.05, 0.1) is 11.9 Å². The summed E-state index contributed by atoms with van der Waals surface area (Å²) in [5.41, 5.74) is 4.65. The molecule has 2 heterocycles. The van der Waals surface area contributed by atoms with Crippen molar-refractivity contribution in [2.24, 2.45) is 5.73 Å². The van der Waals surface area contributed by atoms with Crippen molar-refractivity contribution in [3.05, 3.63) is 54.4 Å². The summed E-state index contributed by atoms with van der Waals surface area (Å²) in [4.78, 5) is 34.4. The van der Waals surface area contributed by atoms with Crippen molar-refractivity contribution in [2.75, 3.05) is 13.2 Å². The molecule has 8 heteroatoms. The molecule has 2 amide bonds. The van der Waals surface area contributed by atoms with Crippen molar-refractivity contribution in [1.82, 2.24) is 14.9 Å². The molecular formula is C17H17FN4O3. The molecule has 1 aromatic carbocycles. The van der Waals surface area contributed by atoms with Crippen LogP contribution in [0.5, 0.6) is 5.75 Å². The minimum atomic E-state index is -1.32. The van der Waals surface area contributed by atoms with E-state index < -0.39 is 23.2 Å². The second-order valence-electron chi connectivity index (χ2n) is 5.71. The molecule has 1 saturated heterocycles. The molecule has 25 heavy (non-hydrogen) atoms. The van der Waals surface area contributed by atoms with Crippen molar-refractivity contribution in [3.63, 3.8) is 0 Å². The smallest absolute Gasteiger partial charge is 0.261 e. The molecule has 7 nitrogen and oxygen atoms in total. The van der Waals surface area contributed by atoms with Gasteiger partial charge in [0.15, 0.2) is 12.1 Å². The highest BCUT2D eigenvalue weighted by Crippen LogP contribution is 2.37. The minimum absolute atomic E-state index is 0.291. The fraction of sp³-hybridized carbons (Fsp3) is 0.294. The van der Waals surface area contributed by atoms with Crippen molar-refractivity contribution >= 4 is 11.8 Å². The minimum Gasteiger partial charge on any atom is -0.484 e. The van der Waals surface area contributed by atoms with Gasteiger partial charge in [-0.15, -0.1) is 0 Å². The lowest BCUT2D eigenvalue weighted by Gasteiger charge is -2.34. The number of hydrogen-bond donors (Lipinski definition) is 1. The third-order valence-corrected chi connectivity index (χ3v) is 4.25. The van der Waals surface area contributed by atoms with Crippen LogP contribution in [0.3, 0.4) is 0 Å². The molecule has 0 radical (unpaired) electrons. The van der Waals surface area contributed by atoms with Crippen LogP contribution in [0.2, 0.25) is 0 Å². The predicted octanol–water partition coefficient (Wildman–Crippen LogP) is 0.998. The number of benzene rings is 1. The Morgan fingerprint density at radius 2 is 2.04 bits per heavy atom. The number of ether oxygens (including phenoxy) is 1. The predicted molar refractivity (Wildman–Crippen MR) is 85.7 cm³/mol. The van der Waals surface area contributed by atoms with Gasteiger partial charge in [-0.3, -0.25) is 19.6 Å². The Hall–Kier alpha value is -3.03. The van der Waals surface area contributed by atoms with Gasteiger partial charge in [0.1, 0.15) is 11.6 Å². The fourth-order valence-electron chi connectivity index (χ4n) is 3.07. The molecule has 2 N–H and O–H groups in total. The van der Waals surface area contributed by atoms with Gasteiger partial charge in [0.2, 0.25) is 5.91 Å². The van der Waals surface area contributed by atoms with E-state index in [1.165, 1.54) is 47.8 Å². The first-order valence-corrected chi connectivity index (χ1v) is 7.79. The monoisotopic (exact) mass is 344 g/mol. The molecule has 0 saturated carbocycles. The molecule has 2 aromatic rings. The number of rotatable bonds is 5. The second-order valence-corrected chi connectivity index (χ2v) is 5.71. The number of primary amides is 1. The molecule has 1 aromatic heterocycles. The first-order chi connectivity index (χ1) is 12.0. The number of halogens is 1. The van der Waals surface area contributed by atoms with Crippen LogP contribution < -0.4 is 10.5 Å². The molecule has 1 fully saturated rings. The van der Waals surface area contributed by atoms with Crippen LogP contribution in [-0.4, -0.2) is 39.8 Å². The number of likely N-dealkylation sites (tertiary alicyclic amines) is 1. The van der Waals surface area contributed by atoms with E-state index >= 15 is 0 Å². The SMILES string of the molecule is NC(=O)[C@@]1(c2cnccn2)CCCN1C(=O)COc1ccc(F)cc1. The Labute approximate surface area is 143 Å². The summed E-state index contributed by atoms with van der Waals surface area (Å²) in [7, 11) is 0. The van der Waals surface area contributed by atoms with E-state index in [1.54, 1.807) is 0 Å². The van der Waals surface area contributed by atoms with Gasteiger partial charge in [-0.25, -0.2) is 4.39 Å². The second kappa shape index (κ2) is 6.84. The number of hydrogen-bond acceptors (Lipinski definition) is 5. The molecule has 0 bridgehead atoms. The molecular weight excluding hydrogens is 327 g/mol. The average Bonchev–Trinajstić information content (AvgIpc) is 3.08. The largest absolute Gasteiger partial charge is 0.484 e. The molecule has 130 valence electrons. The Balaban J connectivity index is 1.80. The molecule has 1 aliphatic heterocycles. The van der Waals surface area contributed by atoms with Crippen molar-refractivity contribution < 1.29 is 18.7 Å².